The number of rotatable bonds is 8. The molecule has 0 aliphatic carbocycles. The maximum absolute atomic E-state index is 10.8. The van der Waals surface area contributed by atoms with Gasteiger partial charge in [0.25, 0.3) is 0 Å². The van der Waals surface area contributed by atoms with Gasteiger partial charge in [-0.25, -0.2) is 4.79 Å². The van der Waals surface area contributed by atoms with Gasteiger partial charge in [-0.15, -0.1) is 0 Å². The number of carboxylic acid groups (broad SMARTS) is 1. The van der Waals surface area contributed by atoms with Gasteiger partial charge in [-0.2, -0.15) is 0 Å². The second kappa shape index (κ2) is 9.00. The van der Waals surface area contributed by atoms with Gasteiger partial charge in [0.1, 0.15) is 18.1 Å². The number of allylic oxidation sites excluding steroid dienone is 3. The van der Waals surface area contributed by atoms with Crippen LogP contribution >= 0.6 is 0 Å². The van der Waals surface area contributed by atoms with Crippen molar-refractivity contribution in [3.05, 3.63) is 103 Å². The number of hydrogen-bond acceptors (Lipinski definition) is 3. The van der Waals surface area contributed by atoms with E-state index in [-0.39, 0.29) is 5.56 Å². The number of carboxylic acids is 1. The number of hydrogen-bond donors (Lipinski definition) is 1. The molecule has 0 fully saturated rings. The molecule has 0 atom stereocenters. The van der Waals surface area contributed by atoms with Gasteiger partial charge in [-0.3, -0.25) is 0 Å². The third kappa shape index (κ3) is 5.50. The lowest BCUT2D eigenvalue weighted by Gasteiger charge is -2.07. The van der Waals surface area contributed by atoms with Gasteiger partial charge >= 0.3 is 5.97 Å². The maximum atomic E-state index is 10.8. The molecule has 4 heteroatoms. The Balaban J connectivity index is 1.92. The molecule has 2 aromatic carbocycles. The summed E-state index contributed by atoms with van der Waals surface area (Å²) in [5.74, 6) is 0.177. The number of benzene rings is 2. The first kappa shape index (κ1) is 17.1. The molecule has 0 aromatic heterocycles. The molecule has 0 aliphatic rings. The largest absolute Gasteiger partial charge is 0.489 e. The van der Waals surface area contributed by atoms with E-state index in [1.165, 1.54) is 18.4 Å². The molecule has 0 aliphatic heterocycles. The van der Waals surface area contributed by atoms with E-state index in [4.69, 9.17) is 14.6 Å². The van der Waals surface area contributed by atoms with Crippen LogP contribution in [0.25, 0.3) is 0 Å². The first-order chi connectivity index (χ1) is 11.7. The van der Waals surface area contributed by atoms with E-state index in [0.29, 0.717) is 18.1 Å². The van der Waals surface area contributed by atoms with Crippen molar-refractivity contribution >= 4 is 5.97 Å². The summed E-state index contributed by atoms with van der Waals surface area (Å²) in [6.07, 6.45) is 6.52. The molecule has 4 nitrogen and oxygen atoms in total. The molecule has 0 radical (unpaired) electrons. The zero-order valence-corrected chi connectivity index (χ0v) is 13.1. The van der Waals surface area contributed by atoms with Crippen LogP contribution in [0.15, 0.2) is 91.4 Å². The lowest BCUT2D eigenvalue weighted by Crippen LogP contribution is -1.95. The normalized spacial score (nSPS) is 11.2. The average molecular weight is 322 g/mol. The molecule has 24 heavy (non-hydrogen) atoms. The molecule has 0 saturated carbocycles. The monoisotopic (exact) mass is 322 g/mol. The van der Waals surface area contributed by atoms with Crippen molar-refractivity contribution in [2.24, 2.45) is 0 Å². The molecular formula is C20H18O4. The van der Waals surface area contributed by atoms with Gasteiger partial charge in [0.15, 0.2) is 0 Å². The van der Waals surface area contributed by atoms with E-state index in [1.54, 1.807) is 30.4 Å². The molecular weight excluding hydrogens is 304 g/mol. The van der Waals surface area contributed by atoms with Crippen molar-refractivity contribution in [2.45, 2.75) is 6.61 Å². The lowest BCUT2D eigenvalue weighted by molar-refractivity contribution is 0.0697. The topological polar surface area (TPSA) is 55.8 Å². The summed E-state index contributed by atoms with van der Waals surface area (Å²) in [5, 5.41) is 8.85. The van der Waals surface area contributed by atoms with E-state index < -0.39 is 5.97 Å². The highest BCUT2D eigenvalue weighted by molar-refractivity contribution is 5.87. The summed E-state index contributed by atoms with van der Waals surface area (Å²) >= 11 is 0. The summed E-state index contributed by atoms with van der Waals surface area (Å²) in [6.45, 7) is 4.10. The van der Waals surface area contributed by atoms with Gasteiger partial charge in [0.05, 0.1) is 11.8 Å². The van der Waals surface area contributed by atoms with Crippen LogP contribution in [0.1, 0.15) is 15.9 Å². The smallest absolute Gasteiger partial charge is 0.335 e. The highest BCUT2D eigenvalue weighted by Crippen LogP contribution is 2.13. The minimum atomic E-state index is -0.970. The Morgan fingerprint density at radius 1 is 1.08 bits per heavy atom. The Kier molecular flexibility index (Phi) is 6.41. The van der Waals surface area contributed by atoms with Crippen LogP contribution in [-0.4, -0.2) is 11.1 Å². The van der Waals surface area contributed by atoms with Crippen LogP contribution in [0.2, 0.25) is 0 Å². The molecule has 122 valence electrons. The summed E-state index contributed by atoms with van der Waals surface area (Å²) in [5.41, 5.74) is 1.27. The van der Waals surface area contributed by atoms with Crippen molar-refractivity contribution in [2.75, 3.05) is 0 Å². The van der Waals surface area contributed by atoms with Crippen LogP contribution in [-0.2, 0) is 11.3 Å². The Bertz CT molecular complexity index is 728. The predicted octanol–water partition coefficient (Wildman–Crippen LogP) is 4.56. The van der Waals surface area contributed by atoms with Gasteiger partial charge < -0.3 is 14.6 Å². The van der Waals surface area contributed by atoms with Crippen molar-refractivity contribution in [1.29, 1.82) is 0 Å². The molecule has 0 bridgehead atoms. The van der Waals surface area contributed by atoms with E-state index in [9.17, 15) is 4.79 Å². The molecule has 0 amide bonds. The van der Waals surface area contributed by atoms with Gasteiger partial charge in [-0.05, 0) is 35.9 Å². The van der Waals surface area contributed by atoms with Gasteiger partial charge in [0.2, 0.25) is 0 Å². The van der Waals surface area contributed by atoms with E-state index in [2.05, 4.69) is 6.58 Å². The van der Waals surface area contributed by atoms with Crippen LogP contribution in [0.4, 0.5) is 0 Å². The van der Waals surface area contributed by atoms with E-state index >= 15 is 0 Å². The first-order valence-electron chi connectivity index (χ1n) is 7.35. The standard InChI is InChI=1S/C20H18O4/c1-2-6-18(24-15-16-7-4-3-5-8-16)13-14-23-19-11-9-17(10-12-19)20(21)22/h2-14H,1,15H2,(H,21,22)/b14-13-,18-6+. The number of carbonyl (C=O) groups is 1. The van der Waals surface area contributed by atoms with Crippen molar-refractivity contribution in [3.63, 3.8) is 0 Å². The van der Waals surface area contributed by atoms with Gasteiger partial charge in [0, 0.05) is 6.08 Å². The Hall–Kier alpha value is -3.27. The lowest BCUT2D eigenvalue weighted by atomic mass is 10.2. The quantitative estimate of drug-likeness (QED) is 0.571. The Labute approximate surface area is 141 Å². The maximum Gasteiger partial charge on any atom is 0.335 e. The van der Waals surface area contributed by atoms with Crippen molar-refractivity contribution in [3.8, 4) is 5.75 Å². The zero-order valence-electron chi connectivity index (χ0n) is 13.1. The third-order valence-electron chi connectivity index (χ3n) is 3.07. The minimum Gasteiger partial charge on any atom is -0.489 e. The average Bonchev–Trinajstić information content (AvgIpc) is 2.61. The minimum absolute atomic E-state index is 0.213. The Morgan fingerprint density at radius 2 is 1.79 bits per heavy atom. The van der Waals surface area contributed by atoms with Crippen molar-refractivity contribution in [1.82, 2.24) is 0 Å². The second-order valence-corrected chi connectivity index (χ2v) is 4.83. The highest BCUT2D eigenvalue weighted by Gasteiger charge is 2.01. The van der Waals surface area contributed by atoms with Crippen LogP contribution < -0.4 is 4.74 Å². The third-order valence-corrected chi connectivity index (χ3v) is 3.07. The van der Waals surface area contributed by atoms with E-state index in [1.807, 2.05) is 30.3 Å². The molecule has 0 unspecified atom stereocenters. The van der Waals surface area contributed by atoms with Crippen LogP contribution in [0.5, 0.6) is 5.75 Å². The van der Waals surface area contributed by atoms with E-state index in [0.717, 1.165) is 5.56 Å². The van der Waals surface area contributed by atoms with Gasteiger partial charge in [-0.1, -0.05) is 43.0 Å². The predicted molar refractivity (Wildman–Crippen MR) is 92.7 cm³/mol. The summed E-state index contributed by atoms with van der Waals surface area (Å²) in [6, 6.07) is 16.0. The summed E-state index contributed by atoms with van der Waals surface area (Å²) in [4.78, 5) is 10.8. The molecule has 0 heterocycles. The summed E-state index contributed by atoms with van der Waals surface area (Å²) < 4.78 is 11.1. The SMILES string of the molecule is C=C/C=C(\C=C/Oc1ccc(C(=O)O)cc1)OCc1ccccc1. The molecule has 2 aromatic rings. The summed E-state index contributed by atoms with van der Waals surface area (Å²) in [7, 11) is 0. The molecule has 2 rings (SSSR count). The zero-order chi connectivity index (χ0) is 17.2. The van der Waals surface area contributed by atoms with Crippen LogP contribution in [0, 0.1) is 0 Å². The highest BCUT2D eigenvalue weighted by atomic mass is 16.5. The second-order valence-electron chi connectivity index (χ2n) is 4.83. The number of ether oxygens (including phenoxy) is 2. The fourth-order valence-corrected chi connectivity index (χ4v) is 1.86. The Morgan fingerprint density at radius 3 is 2.42 bits per heavy atom. The molecule has 1 N–H and O–H groups in total. The molecule has 0 spiro atoms. The van der Waals surface area contributed by atoms with Crippen LogP contribution in [0.3, 0.4) is 0 Å². The van der Waals surface area contributed by atoms with Crippen molar-refractivity contribution < 1.29 is 19.4 Å². The first-order valence-corrected chi connectivity index (χ1v) is 7.35. The molecule has 0 saturated heterocycles. The number of aromatic carboxylic acids is 1. The fraction of sp³-hybridized carbons (Fsp3) is 0.0500. The fourth-order valence-electron chi connectivity index (χ4n) is 1.86.